The van der Waals surface area contributed by atoms with Crippen LogP contribution in [-0.4, -0.2) is 21.8 Å². The highest BCUT2D eigenvalue weighted by atomic mass is 16.6. The Hall–Kier alpha value is -3.02. The maximum Gasteiger partial charge on any atom is 0.230 e. The van der Waals surface area contributed by atoms with Gasteiger partial charge in [0.15, 0.2) is 6.10 Å². The Kier molecular flexibility index (Phi) is 5.35. The van der Waals surface area contributed by atoms with Gasteiger partial charge in [-0.15, -0.1) is 0 Å². The number of amides is 1. The number of aromatic hydroxyl groups is 2. The summed E-state index contributed by atoms with van der Waals surface area (Å²) in [6.07, 6.45) is 0.190. The summed E-state index contributed by atoms with van der Waals surface area (Å²) in [5.74, 6) is 0.343. The highest BCUT2D eigenvalue weighted by Gasteiger charge is 2.26. The van der Waals surface area contributed by atoms with Gasteiger partial charge in [0.05, 0.1) is 12.1 Å². The molecule has 1 atom stereocenters. The lowest BCUT2D eigenvalue weighted by Crippen LogP contribution is -2.17. The molecule has 142 valence electrons. The summed E-state index contributed by atoms with van der Waals surface area (Å²) in [7, 11) is 0. The first-order valence-electron chi connectivity index (χ1n) is 8.98. The molecule has 27 heavy (non-hydrogen) atoms. The summed E-state index contributed by atoms with van der Waals surface area (Å²) in [5.41, 5.74) is 3.55. The molecule has 0 saturated carbocycles. The first kappa shape index (κ1) is 18.8. The number of anilines is 1. The first-order chi connectivity index (χ1) is 12.8. The fourth-order valence-corrected chi connectivity index (χ4v) is 3.14. The number of phenolic OH excluding ortho intramolecular Hbond substituents is 2. The maximum absolute atomic E-state index is 12.4. The topological polar surface area (TPSA) is 91.2 Å². The second kappa shape index (κ2) is 7.70. The van der Waals surface area contributed by atoms with E-state index in [1.54, 1.807) is 24.3 Å². The fraction of sp³-hybridized carbons (Fsp3) is 0.333. The van der Waals surface area contributed by atoms with E-state index < -0.39 is 0 Å². The minimum absolute atomic E-state index is 0.113. The lowest BCUT2D eigenvalue weighted by atomic mass is 9.99. The smallest absolute Gasteiger partial charge is 0.230 e. The molecule has 6 nitrogen and oxygen atoms in total. The third kappa shape index (κ3) is 4.22. The first-order valence-corrected chi connectivity index (χ1v) is 8.98. The van der Waals surface area contributed by atoms with Crippen LogP contribution in [0.15, 0.2) is 41.6 Å². The van der Waals surface area contributed by atoms with E-state index in [1.807, 2.05) is 32.9 Å². The van der Waals surface area contributed by atoms with Crippen molar-refractivity contribution in [2.45, 2.75) is 45.6 Å². The molecule has 0 aromatic heterocycles. The van der Waals surface area contributed by atoms with Crippen molar-refractivity contribution in [2.75, 3.05) is 5.32 Å². The zero-order valence-electron chi connectivity index (χ0n) is 15.7. The standard InChI is InChI=1S/C21H24N2O4/c1-12(2)16-11-17(13(3)8-19(16)25)22-21(26)10-14-9-20(27-23-14)15-6-4-5-7-18(15)24/h4-8,11-12,20,24-25H,9-10H2,1-3H3,(H,22,26). The lowest BCUT2D eigenvalue weighted by Gasteiger charge is -2.14. The SMILES string of the molecule is Cc1cc(O)c(C(C)C)cc1NC(=O)CC1=NOC(c2ccccc2O)C1. The highest BCUT2D eigenvalue weighted by molar-refractivity contribution is 6.07. The molecule has 1 aliphatic heterocycles. The maximum atomic E-state index is 12.4. The predicted octanol–water partition coefficient (Wildman–Crippen LogP) is 4.38. The van der Waals surface area contributed by atoms with Crippen molar-refractivity contribution in [3.63, 3.8) is 0 Å². The third-order valence-electron chi connectivity index (χ3n) is 4.65. The van der Waals surface area contributed by atoms with Crippen molar-refractivity contribution in [3.8, 4) is 11.5 Å². The summed E-state index contributed by atoms with van der Waals surface area (Å²) in [4.78, 5) is 17.8. The molecule has 0 bridgehead atoms. The number of hydrogen-bond acceptors (Lipinski definition) is 5. The Balaban J connectivity index is 1.64. The van der Waals surface area contributed by atoms with Gasteiger partial charge in [-0.1, -0.05) is 37.2 Å². The quantitative estimate of drug-likeness (QED) is 0.683. The van der Waals surface area contributed by atoms with Crippen LogP contribution in [0, 0.1) is 6.92 Å². The van der Waals surface area contributed by atoms with Crippen molar-refractivity contribution in [2.24, 2.45) is 5.16 Å². The molecule has 6 heteroatoms. The van der Waals surface area contributed by atoms with Gasteiger partial charge >= 0.3 is 0 Å². The fourth-order valence-electron chi connectivity index (χ4n) is 3.14. The van der Waals surface area contributed by atoms with E-state index >= 15 is 0 Å². The average Bonchev–Trinajstić information content (AvgIpc) is 3.05. The summed E-state index contributed by atoms with van der Waals surface area (Å²) < 4.78 is 0. The largest absolute Gasteiger partial charge is 0.508 e. The van der Waals surface area contributed by atoms with Crippen LogP contribution in [0.25, 0.3) is 0 Å². The second-order valence-corrected chi connectivity index (χ2v) is 7.12. The van der Waals surface area contributed by atoms with Crippen molar-refractivity contribution >= 4 is 17.3 Å². The molecule has 0 spiro atoms. The molecule has 1 aliphatic rings. The number of hydrogen-bond donors (Lipinski definition) is 3. The van der Waals surface area contributed by atoms with Gasteiger partial charge in [-0.25, -0.2) is 0 Å². The van der Waals surface area contributed by atoms with Gasteiger partial charge < -0.3 is 20.4 Å². The number of rotatable bonds is 5. The predicted molar refractivity (Wildman–Crippen MR) is 104 cm³/mol. The molecule has 1 heterocycles. The molecule has 0 saturated heterocycles. The van der Waals surface area contributed by atoms with Crippen molar-refractivity contribution in [1.82, 2.24) is 0 Å². The molecule has 1 amide bonds. The lowest BCUT2D eigenvalue weighted by molar-refractivity contribution is -0.115. The summed E-state index contributed by atoms with van der Waals surface area (Å²) in [6.45, 7) is 5.81. The number of benzene rings is 2. The van der Waals surface area contributed by atoms with E-state index in [2.05, 4.69) is 10.5 Å². The monoisotopic (exact) mass is 368 g/mol. The van der Waals surface area contributed by atoms with E-state index in [0.717, 1.165) is 11.1 Å². The number of carbonyl (C=O) groups excluding carboxylic acids is 1. The van der Waals surface area contributed by atoms with Crippen molar-refractivity contribution in [3.05, 3.63) is 53.1 Å². The van der Waals surface area contributed by atoms with Crippen molar-refractivity contribution < 1.29 is 19.8 Å². The van der Waals surface area contributed by atoms with Crippen LogP contribution in [0.5, 0.6) is 11.5 Å². The normalized spacial score (nSPS) is 16.1. The van der Waals surface area contributed by atoms with Gasteiger partial charge in [0.1, 0.15) is 11.5 Å². The third-order valence-corrected chi connectivity index (χ3v) is 4.65. The molecule has 0 aliphatic carbocycles. The minimum atomic E-state index is -0.378. The minimum Gasteiger partial charge on any atom is -0.508 e. The number of nitrogens with one attached hydrogen (secondary N) is 1. The van der Waals surface area contributed by atoms with Gasteiger partial charge in [-0.3, -0.25) is 4.79 Å². The van der Waals surface area contributed by atoms with Gasteiger partial charge in [0, 0.05) is 17.7 Å². The Morgan fingerprint density at radius 1 is 1.26 bits per heavy atom. The van der Waals surface area contributed by atoms with Crippen LogP contribution in [0.4, 0.5) is 5.69 Å². The van der Waals surface area contributed by atoms with Crippen LogP contribution >= 0.6 is 0 Å². The summed E-state index contributed by atoms with van der Waals surface area (Å²) in [5, 5.41) is 26.9. The van der Waals surface area contributed by atoms with Gasteiger partial charge in [-0.05, 0) is 42.2 Å². The molecule has 2 aromatic rings. The number of nitrogens with zero attached hydrogens (tertiary/aromatic N) is 1. The number of carbonyl (C=O) groups is 1. The van der Waals surface area contributed by atoms with Gasteiger partial charge in [0.25, 0.3) is 0 Å². The van der Waals surface area contributed by atoms with Crippen LogP contribution in [0.3, 0.4) is 0 Å². The van der Waals surface area contributed by atoms with E-state index in [-0.39, 0.29) is 35.8 Å². The second-order valence-electron chi connectivity index (χ2n) is 7.12. The number of oxime groups is 1. The molecule has 0 fully saturated rings. The molecular weight excluding hydrogens is 344 g/mol. The van der Waals surface area contributed by atoms with Gasteiger partial charge in [-0.2, -0.15) is 0 Å². The van der Waals surface area contributed by atoms with Crippen LogP contribution in [0.2, 0.25) is 0 Å². The molecule has 0 radical (unpaired) electrons. The summed E-state index contributed by atoms with van der Waals surface area (Å²) in [6, 6.07) is 10.4. The number of para-hydroxylation sites is 1. The Morgan fingerprint density at radius 3 is 2.70 bits per heavy atom. The van der Waals surface area contributed by atoms with E-state index in [0.29, 0.717) is 23.4 Å². The van der Waals surface area contributed by atoms with Crippen molar-refractivity contribution in [1.29, 1.82) is 0 Å². The van der Waals surface area contributed by atoms with Crippen LogP contribution in [-0.2, 0) is 9.63 Å². The van der Waals surface area contributed by atoms with Crippen LogP contribution < -0.4 is 5.32 Å². The molecule has 3 rings (SSSR count). The van der Waals surface area contributed by atoms with E-state index in [9.17, 15) is 15.0 Å². The highest BCUT2D eigenvalue weighted by Crippen LogP contribution is 2.34. The van der Waals surface area contributed by atoms with Gasteiger partial charge in [0.2, 0.25) is 5.91 Å². The van der Waals surface area contributed by atoms with E-state index in [1.165, 1.54) is 0 Å². The summed E-state index contributed by atoms with van der Waals surface area (Å²) >= 11 is 0. The Bertz CT molecular complexity index is 890. The average molecular weight is 368 g/mol. The molecule has 2 aromatic carbocycles. The van der Waals surface area contributed by atoms with Crippen LogP contribution in [0.1, 0.15) is 55.4 Å². The van der Waals surface area contributed by atoms with E-state index in [4.69, 9.17) is 4.84 Å². The Labute approximate surface area is 158 Å². The number of phenols is 2. The number of aryl methyl sites for hydroxylation is 1. The molecule has 1 unspecified atom stereocenters. The zero-order valence-corrected chi connectivity index (χ0v) is 15.7. The molecule has 3 N–H and O–H groups in total. The molecular formula is C21H24N2O4. The Morgan fingerprint density at radius 2 is 2.00 bits per heavy atom. The zero-order chi connectivity index (χ0) is 19.6.